The van der Waals surface area contributed by atoms with Crippen molar-refractivity contribution in [1.29, 1.82) is 0 Å². The molecule has 0 aromatic heterocycles. The van der Waals surface area contributed by atoms with Gasteiger partial charge in [0.1, 0.15) is 29.0 Å². The first kappa shape index (κ1) is 29.3. The van der Waals surface area contributed by atoms with Gasteiger partial charge in [-0.1, -0.05) is 11.6 Å². The summed E-state index contributed by atoms with van der Waals surface area (Å²) in [6.45, 7) is 12.6. The first-order valence-corrected chi connectivity index (χ1v) is 13.0. The number of epoxide rings is 2. The van der Waals surface area contributed by atoms with Gasteiger partial charge in [-0.15, -0.1) is 0 Å². The third kappa shape index (κ3) is 7.89. The van der Waals surface area contributed by atoms with Crippen molar-refractivity contribution in [3.05, 3.63) is 11.6 Å². The summed E-state index contributed by atoms with van der Waals surface area (Å²) in [7, 11) is 1.60. The van der Waals surface area contributed by atoms with Gasteiger partial charge in [0.05, 0.1) is 25.2 Å². The zero-order chi connectivity index (χ0) is 27.4. The van der Waals surface area contributed by atoms with Crippen LogP contribution in [0, 0.1) is 5.92 Å². The number of methoxy groups -OCH3 is 1. The maximum Gasteiger partial charge on any atom is 0.414 e. The average Bonchev–Trinajstić information content (AvgIpc) is 3.69. The zero-order valence-corrected chi connectivity index (χ0v) is 23.1. The van der Waals surface area contributed by atoms with Crippen LogP contribution in [-0.2, 0) is 28.5 Å². The molecule has 0 aromatic rings. The smallest absolute Gasteiger partial charge is 0.414 e. The summed E-state index contributed by atoms with van der Waals surface area (Å²) in [5.41, 5.74) is -0.104. The highest BCUT2D eigenvalue weighted by Crippen LogP contribution is 2.59. The van der Waals surface area contributed by atoms with Gasteiger partial charge in [-0.05, 0) is 60.8 Å². The van der Waals surface area contributed by atoms with E-state index in [1.807, 2.05) is 0 Å². The molecule has 37 heavy (non-hydrogen) atoms. The van der Waals surface area contributed by atoms with E-state index in [0.29, 0.717) is 19.6 Å². The molecule has 6 atom stereocenters. The molecular weight excluding hydrogens is 482 g/mol. The predicted molar refractivity (Wildman–Crippen MR) is 135 cm³/mol. The predicted octanol–water partition coefficient (Wildman–Crippen LogP) is 2.43. The Kier molecular flexibility index (Phi) is 9.26. The number of amides is 3. The molecule has 11 nitrogen and oxygen atoms in total. The van der Waals surface area contributed by atoms with Crippen LogP contribution in [0.25, 0.3) is 0 Å². The van der Waals surface area contributed by atoms with E-state index in [0.717, 1.165) is 12.8 Å². The third-order valence-electron chi connectivity index (χ3n) is 6.99. The van der Waals surface area contributed by atoms with Crippen LogP contribution in [0.2, 0.25) is 0 Å². The summed E-state index contributed by atoms with van der Waals surface area (Å²) >= 11 is 0. The Labute approximate surface area is 219 Å². The molecular formula is C26H43N3O8. The molecule has 4 unspecified atom stereocenters. The van der Waals surface area contributed by atoms with Gasteiger partial charge in [0, 0.05) is 20.2 Å². The maximum atomic E-state index is 12.5. The minimum atomic E-state index is -0.819. The van der Waals surface area contributed by atoms with Crippen molar-refractivity contribution in [3.8, 4) is 0 Å². The van der Waals surface area contributed by atoms with Crippen molar-refractivity contribution >= 4 is 18.1 Å². The van der Waals surface area contributed by atoms with Crippen LogP contribution in [-0.4, -0.2) is 86.6 Å². The van der Waals surface area contributed by atoms with Crippen LogP contribution in [0.3, 0.4) is 0 Å². The van der Waals surface area contributed by atoms with E-state index in [1.54, 1.807) is 27.9 Å². The number of hydrogen-bond acceptors (Lipinski definition) is 9. The highest BCUT2D eigenvalue weighted by Gasteiger charge is 2.72. The van der Waals surface area contributed by atoms with Crippen LogP contribution < -0.4 is 16.0 Å². The van der Waals surface area contributed by atoms with Crippen LogP contribution in [0.4, 0.5) is 9.59 Å². The number of rotatable bonds is 10. The first-order chi connectivity index (χ1) is 17.3. The minimum Gasteiger partial charge on any atom is -0.444 e. The normalized spacial score (nSPS) is 32.3. The Morgan fingerprint density at radius 1 is 1.14 bits per heavy atom. The Bertz CT molecular complexity index is 878. The van der Waals surface area contributed by atoms with Gasteiger partial charge in [0.15, 0.2) is 0 Å². The topological polar surface area (TPSA) is 140 Å². The molecule has 2 saturated heterocycles. The summed E-state index contributed by atoms with van der Waals surface area (Å²) < 4.78 is 28.7. The highest BCUT2D eigenvalue weighted by atomic mass is 16.6. The number of carbonyl (C=O) groups is 3. The SMILES string of the molecule is COC1C(OC(=O)NC(=O)CNCCNC(=O)OC(C)(C)C)CC[C@]2(CO2)C1C1(C)O[C@@H]1CC=C(C)C. The molecule has 3 amide bonds. The van der Waals surface area contributed by atoms with Gasteiger partial charge in [0.25, 0.3) is 0 Å². The van der Waals surface area contributed by atoms with Gasteiger partial charge in [-0.25, -0.2) is 9.59 Å². The lowest BCUT2D eigenvalue weighted by atomic mass is 9.68. The third-order valence-corrected chi connectivity index (χ3v) is 6.99. The monoisotopic (exact) mass is 525 g/mol. The van der Waals surface area contributed by atoms with Crippen molar-refractivity contribution in [2.24, 2.45) is 5.92 Å². The molecule has 2 aliphatic heterocycles. The van der Waals surface area contributed by atoms with E-state index < -0.39 is 41.5 Å². The van der Waals surface area contributed by atoms with Gasteiger partial charge >= 0.3 is 12.2 Å². The molecule has 2 heterocycles. The molecule has 3 aliphatic rings. The van der Waals surface area contributed by atoms with Crippen molar-refractivity contribution in [2.45, 2.75) is 95.9 Å². The van der Waals surface area contributed by atoms with Crippen molar-refractivity contribution in [3.63, 3.8) is 0 Å². The van der Waals surface area contributed by atoms with Crippen molar-refractivity contribution in [1.82, 2.24) is 16.0 Å². The van der Waals surface area contributed by atoms with Crippen LogP contribution in [0.15, 0.2) is 11.6 Å². The van der Waals surface area contributed by atoms with E-state index in [2.05, 4.69) is 42.8 Å². The van der Waals surface area contributed by atoms with Gasteiger partial charge in [-0.3, -0.25) is 10.1 Å². The molecule has 3 rings (SSSR count). The van der Waals surface area contributed by atoms with Gasteiger partial charge in [0.2, 0.25) is 5.91 Å². The number of carbonyl (C=O) groups excluding carboxylic acids is 3. The fourth-order valence-corrected chi connectivity index (χ4v) is 5.16. The van der Waals surface area contributed by atoms with Crippen LogP contribution in [0.5, 0.6) is 0 Å². The summed E-state index contributed by atoms with van der Waals surface area (Å²) in [5.74, 6) is -0.633. The van der Waals surface area contributed by atoms with Crippen LogP contribution >= 0.6 is 0 Å². The van der Waals surface area contributed by atoms with E-state index in [1.165, 1.54) is 5.57 Å². The summed E-state index contributed by atoms with van der Waals surface area (Å²) in [4.78, 5) is 36.3. The molecule has 1 saturated carbocycles. The largest absolute Gasteiger partial charge is 0.444 e. The number of ether oxygens (including phenoxy) is 5. The summed E-state index contributed by atoms with van der Waals surface area (Å²) in [6.07, 6.45) is 2.01. The van der Waals surface area contributed by atoms with Crippen molar-refractivity contribution in [2.75, 3.05) is 33.4 Å². The fourth-order valence-electron chi connectivity index (χ4n) is 5.16. The number of allylic oxidation sites excluding steroid dienone is 1. The standard InChI is InChI=1S/C26H43N3O8/c1-16(2)8-9-18-25(6,36-18)21-20(33-7)17(10-11-26(21)15-34-26)35-23(32)29-19(30)14-27-12-13-28-22(31)37-24(3,4)5/h8,17-18,20-21,27H,9-15H2,1-7H3,(H,28,31)(H,29,30,32)/t17?,18-,20?,21?,25?,26+/m1/s1. The Morgan fingerprint density at radius 3 is 2.43 bits per heavy atom. The second-order valence-corrected chi connectivity index (χ2v) is 11.5. The molecule has 0 radical (unpaired) electrons. The minimum absolute atomic E-state index is 0.0520. The Balaban J connectivity index is 1.45. The number of hydrogen-bond donors (Lipinski definition) is 3. The second kappa shape index (κ2) is 11.7. The number of imide groups is 1. The molecule has 11 heteroatoms. The maximum absolute atomic E-state index is 12.5. The lowest BCUT2D eigenvalue weighted by molar-refractivity contribution is -0.125. The van der Waals surface area contributed by atoms with Crippen LogP contribution in [0.1, 0.15) is 60.8 Å². The van der Waals surface area contributed by atoms with E-state index in [-0.39, 0.29) is 30.7 Å². The van der Waals surface area contributed by atoms with Gasteiger partial charge in [-0.2, -0.15) is 0 Å². The highest BCUT2D eigenvalue weighted by molar-refractivity contribution is 5.92. The van der Waals surface area contributed by atoms with Gasteiger partial charge < -0.3 is 34.3 Å². The Morgan fingerprint density at radius 2 is 1.84 bits per heavy atom. The lowest BCUT2D eigenvalue weighted by Crippen LogP contribution is -2.56. The quantitative estimate of drug-likeness (QED) is 0.223. The van der Waals surface area contributed by atoms with E-state index in [4.69, 9.17) is 23.7 Å². The van der Waals surface area contributed by atoms with Crippen molar-refractivity contribution < 1.29 is 38.1 Å². The lowest BCUT2D eigenvalue weighted by Gasteiger charge is -2.42. The first-order valence-electron chi connectivity index (χ1n) is 13.0. The molecule has 3 N–H and O–H groups in total. The summed E-state index contributed by atoms with van der Waals surface area (Å²) in [6, 6.07) is 0. The Hall–Kier alpha value is -2.21. The molecule has 1 spiro atoms. The average molecular weight is 526 g/mol. The van der Waals surface area contributed by atoms with E-state index >= 15 is 0 Å². The zero-order valence-electron chi connectivity index (χ0n) is 23.1. The number of alkyl carbamates (subject to hydrolysis) is 2. The summed E-state index contributed by atoms with van der Waals surface area (Å²) in [5, 5.41) is 7.69. The molecule has 1 aliphatic carbocycles. The molecule has 210 valence electrons. The number of nitrogens with one attached hydrogen (secondary N) is 3. The molecule has 0 aromatic carbocycles. The molecule has 0 bridgehead atoms. The molecule has 3 fully saturated rings. The fraction of sp³-hybridized carbons (Fsp3) is 0.808. The van der Waals surface area contributed by atoms with E-state index in [9.17, 15) is 14.4 Å². The second-order valence-electron chi connectivity index (χ2n) is 11.5.